The van der Waals surface area contributed by atoms with Gasteiger partial charge >= 0.3 is 0 Å². The highest BCUT2D eigenvalue weighted by molar-refractivity contribution is 4.94. The lowest BCUT2D eigenvalue weighted by atomic mass is 10.2. The van der Waals surface area contributed by atoms with Crippen molar-refractivity contribution in [2.75, 3.05) is 26.2 Å². The van der Waals surface area contributed by atoms with Crippen LogP contribution in [0, 0.1) is 0 Å². The van der Waals surface area contributed by atoms with Gasteiger partial charge in [0.05, 0.1) is 6.61 Å². The first kappa shape index (κ1) is 14.4. The minimum atomic E-state index is -0.0619. The fraction of sp³-hybridized carbons (Fsp3) is 0.846. The lowest BCUT2D eigenvalue weighted by Gasteiger charge is -2.30. The van der Waals surface area contributed by atoms with E-state index in [0.717, 1.165) is 45.5 Å². The predicted octanol–water partition coefficient (Wildman–Crippen LogP) is 1.13. The van der Waals surface area contributed by atoms with E-state index in [0.29, 0.717) is 11.7 Å². The third-order valence-electron chi connectivity index (χ3n) is 3.28. The van der Waals surface area contributed by atoms with E-state index in [2.05, 4.69) is 22.0 Å². The van der Waals surface area contributed by atoms with E-state index in [-0.39, 0.29) is 12.1 Å². The van der Waals surface area contributed by atoms with Gasteiger partial charge in [0.15, 0.2) is 0 Å². The van der Waals surface area contributed by atoms with Gasteiger partial charge in [-0.3, -0.25) is 4.90 Å². The summed E-state index contributed by atoms with van der Waals surface area (Å²) in [5, 5.41) is 4.03. The molecule has 1 aliphatic rings. The summed E-state index contributed by atoms with van der Waals surface area (Å²) >= 11 is 0. The largest absolute Gasteiger partial charge is 0.367 e. The zero-order valence-corrected chi connectivity index (χ0v) is 11.8. The van der Waals surface area contributed by atoms with E-state index in [1.54, 1.807) is 0 Å². The number of aryl methyl sites for hydroxylation is 1. The monoisotopic (exact) mass is 268 g/mol. The molecule has 2 rings (SSSR count). The molecule has 0 saturated carbocycles. The minimum absolute atomic E-state index is 0.0619. The van der Waals surface area contributed by atoms with Crippen molar-refractivity contribution in [1.82, 2.24) is 15.0 Å². The highest BCUT2D eigenvalue weighted by Gasteiger charge is 2.25. The van der Waals surface area contributed by atoms with Gasteiger partial charge in [0.1, 0.15) is 6.10 Å². The van der Waals surface area contributed by atoms with Crippen LogP contribution in [0.2, 0.25) is 0 Å². The highest BCUT2D eigenvalue weighted by Crippen LogP contribution is 2.20. The van der Waals surface area contributed by atoms with Crippen LogP contribution < -0.4 is 5.73 Å². The van der Waals surface area contributed by atoms with E-state index in [4.69, 9.17) is 15.0 Å². The van der Waals surface area contributed by atoms with Gasteiger partial charge < -0.3 is 15.0 Å². The second-order valence-electron chi connectivity index (χ2n) is 5.22. The van der Waals surface area contributed by atoms with Gasteiger partial charge in [0.25, 0.3) is 0 Å². The molecule has 0 spiro atoms. The highest BCUT2D eigenvalue weighted by atomic mass is 16.5. The first-order valence-corrected chi connectivity index (χ1v) is 7.11. The molecular weight excluding hydrogens is 244 g/mol. The number of ether oxygens (including phenoxy) is 1. The van der Waals surface area contributed by atoms with Gasteiger partial charge in [-0.1, -0.05) is 12.1 Å². The maximum atomic E-state index is 5.73. The van der Waals surface area contributed by atoms with E-state index in [1.807, 2.05) is 6.92 Å². The SMILES string of the molecule is CCCN1CCOC(c2noc(CCC(C)N)n2)C1. The molecule has 1 aliphatic heterocycles. The number of nitrogens with zero attached hydrogens (tertiary/aromatic N) is 3. The van der Waals surface area contributed by atoms with Gasteiger partial charge in [-0.2, -0.15) is 4.98 Å². The van der Waals surface area contributed by atoms with Crippen molar-refractivity contribution in [2.45, 2.75) is 45.3 Å². The predicted molar refractivity (Wildman–Crippen MR) is 71.7 cm³/mol. The summed E-state index contributed by atoms with van der Waals surface area (Å²) in [6.45, 7) is 7.82. The maximum Gasteiger partial charge on any atom is 0.226 e. The molecule has 2 heterocycles. The van der Waals surface area contributed by atoms with Crippen LogP contribution >= 0.6 is 0 Å². The Bertz CT molecular complexity index is 378. The molecule has 1 aromatic heterocycles. The van der Waals surface area contributed by atoms with Gasteiger partial charge in [-0.25, -0.2) is 0 Å². The van der Waals surface area contributed by atoms with Crippen LogP contribution in [-0.2, 0) is 11.2 Å². The molecule has 19 heavy (non-hydrogen) atoms. The zero-order chi connectivity index (χ0) is 13.7. The molecule has 0 radical (unpaired) electrons. The van der Waals surface area contributed by atoms with Crippen LogP contribution in [0.3, 0.4) is 0 Å². The third kappa shape index (κ3) is 4.26. The Kier molecular flexibility index (Phi) is 5.30. The minimum Gasteiger partial charge on any atom is -0.367 e. The second-order valence-corrected chi connectivity index (χ2v) is 5.22. The van der Waals surface area contributed by atoms with Gasteiger partial charge in [0.2, 0.25) is 11.7 Å². The van der Waals surface area contributed by atoms with E-state index in [9.17, 15) is 0 Å². The molecule has 0 aliphatic carbocycles. The number of rotatable bonds is 6. The fourth-order valence-electron chi connectivity index (χ4n) is 2.23. The zero-order valence-electron chi connectivity index (χ0n) is 11.8. The van der Waals surface area contributed by atoms with Gasteiger partial charge in [-0.15, -0.1) is 0 Å². The summed E-state index contributed by atoms with van der Waals surface area (Å²) in [5.74, 6) is 1.32. The summed E-state index contributed by atoms with van der Waals surface area (Å²) in [4.78, 5) is 6.80. The number of morpholine rings is 1. The number of hydrogen-bond donors (Lipinski definition) is 1. The van der Waals surface area contributed by atoms with Crippen LogP contribution in [0.15, 0.2) is 4.52 Å². The average Bonchev–Trinajstić information content (AvgIpc) is 2.86. The Hall–Kier alpha value is -0.980. The van der Waals surface area contributed by atoms with Crippen LogP contribution in [0.4, 0.5) is 0 Å². The standard InChI is InChI=1S/C13H24N4O2/c1-3-6-17-7-8-18-11(9-17)13-15-12(19-16-13)5-4-10(2)14/h10-11H,3-9,14H2,1-2H3. The molecule has 1 saturated heterocycles. The summed E-state index contributed by atoms with van der Waals surface area (Å²) in [7, 11) is 0. The van der Waals surface area contributed by atoms with Crippen molar-refractivity contribution in [3.63, 3.8) is 0 Å². The average molecular weight is 268 g/mol. The summed E-state index contributed by atoms with van der Waals surface area (Å²) in [6.07, 6.45) is 2.68. The van der Waals surface area contributed by atoms with Crippen molar-refractivity contribution in [3.05, 3.63) is 11.7 Å². The van der Waals surface area contributed by atoms with Crippen LogP contribution in [-0.4, -0.2) is 47.3 Å². The molecule has 0 bridgehead atoms. The van der Waals surface area contributed by atoms with Crippen molar-refractivity contribution >= 4 is 0 Å². The smallest absolute Gasteiger partial charge is 0.226 e. The third-order valence-corrected chi connectivity index (χ3v) is 3.28. The quantitative estimate of drug-likeness (QED) is 0.833. The molecule has 2 unspecified atom stereocenters. The summed E-state index contributed by atoms with van der Waals surface area (Å²) in [5.41, 5.74) is 5.72. The molecule has 1 fully saturated rings. The van der Waals surface area contributed by atoms with Crippen molar-refractivity contribution in [2.24, 2.45) is 5.73 Å². The van der Waals surface area contributed by atoms with Crippen molar-refractivity contribution in [3.8, 4) is 0 Å². The topological polar surface area (TPSA) is 77.4 Å². The fourth-order valence-corrected chi connectivity index (χ4v) is 2.23. The summed E-state index contributed by atoms with van der Waals surface area (Å²) in [6, 6.07) is 0.154. The van der Waals surface area contributed by atoms with E-state index < -0.39 is 0 Å². The van der Waals surface area contributed by atoms with Gasteiger partial charge in [-0.05, 0) is 26.3 Å². The Labute approximate surface area is 114 Å². The molecule has 108 valence electrons. The molecule has 6 heteroatoms. The lowest BCUT2D eigenvalue weighted by molar-refractivity contribution is -0.0350. The van der Waals surface area contributed by atoms with Crippen molar-refractivity contribution in [1.29, 1.82) is 0 Å². The Morgan fingerprint density at radius 2 is 2.37 bits per heavy atom. The number of nitrogens with two attached hydrogens (primary N) is 1. The molecule has 0 amide bonds. The van der Waals surface area contributed by atoms with Crippen LogP contribution in [0.5, 0.6) is 0 Å². The second kappa shape index (κ2) is 6.98. The van der Waals surface area contributed by atoms with Crippen LogP contribution in [0.1, 0.15) is 44.5 Å². The van der Waals surface area contributed by atoms with Crippen LogP contribution in [0.25, 0.3) is 0 Å². The Morgan fingerprint density at radius 3 is 3.11 bits per heavy atom. The maximum absolute atomic E-state index is 5.73. The molecule has 1 aromatic rings. The number of hydrogen-bond acceptors (Lipinski definition) is 6. The Balaban J connectivity index is 1.90. The lowest BCUT2D eigenvalue weighted by Crippen LogP contribution is -2.39. The molecule has 6 nitrogen and oxygen atoms in total. The molecule has 2 atom stereocenters. The first-order valence-electron chi connectivity index (χ1n) is 7.11. The van der Waals surface area contributed by atoms with Crippen molar-refractivity contribution < 1.29 is 9.26 Å². The normalized spacial score (nSPS) is 22.6. The molecular formula is C13H24N4O2. The van der Waals surface area contributed by atoms with Gasteiger partial charge in [0, 0.05) is 25.6 Å². The molecule has 0 aromatic carbocycles. The summed E-state index contributed by atoms with van der Waals surface area (Å²) < 4.78 is 11.0. The Morgan fingerprint density at radius 1 is 1.53 bits per heavy atom. The number of aromatic nitrogens is 2. The first-order chi connectivity index (χ1) is 9.19. The van der Waals surface area contributed by atoms with E-state index in [1.165, 1.54) is 0 Å². The van der Waals surface area contributed by atoms with E-state index >= 15 is 0 Å². The molecule has 2 N–H and O–H groups in total.